The van der Waals surface area contributed by atoms with E-state index in [9.17, 15) is 0 Å². The van der Waals surface area contributed by atoms with Gasteiger partial charge in [-0.05, 0) is 6.07 Å². The monoisotopic (exact) mass is 196 g/mol. The number of aromatic amines is 1. The molecule has 0 bridgehead atoms. The van der Waals surface area contributed by atoms with E-state index >= 15 is 0 Å². The Hall–Kier alpha value is -1.04. The van der Waals surface area contributed by atoms with E-state index in [0.29, 0.717) is 21.5 Å². The third-order valence-electron chi connectivity index (χ3n) is 1.87. The lowest BCUT2D eigenvalue weighted by Gasteiger charge is -1.95. The van der Waals surface area contributed by atoms with Crippen molar-refractivity contribution < 1.29 is 10.0 Å². The summed E-state index contributed by atoms with van der Waals surface area (Å²) in [7, 11) is -1.49. The first-order chi connectivity index (χ1) is 6.20. The predicted octanol–water partition coefficient (Wildman–Crippen LogP) is -0.104. The van der Waals surface area contributed by atoms with Gasteiger partial charge in [0.1, 0.15) is 0 Å². The summed E-state index contributed by atoms with van der Waals surface area (Å²) in [4.78, 5) is 6.67. The normalized spacial score (nSPS) is 10.7. The van der Waals surface area contributed by atoms with E-state index in [0.717, 1.165) is 0 Å². The van der Waals surface area contributed by atoms with Crippen molar-refractivity contribution >= 4 is 35.1 Å². The molecule has 2 aromatic rings. The van der Waals surface area contributed by atoms with Crippen molar-refractivity contribution in [2.45, 2.75) is 0 Å². The van der Waals surface area contributed by atoms with Gasteiger partial charge in [0.05, 0.1) is 5.52 Å². The van der Waals surface area contributed by atoms with Gasteiger partial charge in [-0.25, -0.2) is 4.98 Å². The molecule has 0 spiro atoms. The van der Waals surface area contributed by atoms with Gasteiger partial charge in [-0.15, -0.1) is 0 Å². The molecule has 0 fully saturated rings. The minimum atomic E-state index is -1.49. The van der Waals surface area contributed by atoms with Crippen molar-refractivity contribution in [3.05, 3.63) is 23.6 Å². The smallest absolute Gasteiger partial charge is 0.423 e. The molecule has 0 aliphatic heterocycles. The first-order valence-corrected chi connectivity index (χ1v) is 4.05. The Bertz CT molecular complexity index is 443. The molecule has 0 amide bonds. The van der Waals surface area contributed by atoms with Crippen molar-refractivity contribution in [2.24, 2.45) is 0 Å². The van der Waals surface area contributed by atoms with Crippen molar-refractivity contribution in [3.63, 3.8) is 0 Å². The van der Waals surface area contributed by atoms with Gasteiger partial charge >= 0.3 is 7.12 Å². The van der Waals surface area contributed by atoms with E-state index in [1.165, 1.54) is 12.4 Å². The molecule has 0 unspecified atom stereocenters. The molecule has 0 aromatic carbocycles. The number of pyridine rings is 1. The second kappa shape index (κ2) is 3.03. The zero-order valence-corrected chi connectivity index (χ0v) is 7.28. The summed E-state index contributed by atoms with van der Waals surface area (Å²) in [5.74, 6) is 0. The van der Waals surface area contributed by atoms with Crippen molar-refractivity contribution in [1.29, 1.82) is 0 Å². The van der Waals surface area contributed by atoms with Crippen molar-refractivity contribution in [2.75, 3.05) is 0 Å². The number of hydrogen-bond acceptors (Lipinski definition) is 3. The van der Waals surface area contributed by atoms with Gasteiger partial charge in [-0.3, -0.25) is 0 Å². The van der Waals surface area contributed by atoms with Gasteiger partial charge in [-0.2, -0.15) is 0 Å². The number of nitrogens with one attached hydrogen (secondary N) is 1. The van der Waals surface area contributed by atoms with Crippen LogP contribution in [0.15, 0.2) is 18.5 Å². The number of hydrogen-bond donors (Lipinski definition) is 3. The lowest BCUT2D eigenvalue weighted by atomic mass is 9.80. The Morgan fingerprint density at radius 3 is 2.92 bits per heavy atom. The van der Waals surface area contributed by atoms with Crippen LogP contribution in [0, 0.1) is 0 Å². The first-order valence-electron chi connectivity index (χ1n) is 3.68. The Morgan fingerprint density at radius 2 is 2.23 bits per heavy atom. The molecule has 0 aliphatic rings. The summed E-state index contributed by atoms with van der Waals surface area (Å²) < 4.78 is 0. The number of fused-ring (bicyclic) bond motifs is 1. The van der Waals surface area contributed by atoms with Crippen LogP contribution in [0.5, 0.6) is 0 Å². The highest BCUT2D eigenvalue weighted by molar-refractivity contribution is 6.62. The molecular formula is C7H6BClN2O2. The summed E-state index contributed by atoms with van der Waals surface area (Å²) in [5, 5.41) is 18.9. The minimum Gasteiger partial charge on any atom is -0.423 e. The predicted molar refractivity (Wildman–Crippen MR) is 50.9 cm³/mol. The minimum absolute atomic E-state index is 0.324. The average molecular weight is 196 g/mol. The highest BCUT2D eigenvalue weighted by Gasteiger charge is 2.17. The second-order valence-electron chi connectivity index (χ2n) is 2.64. The fourth-order valence-corrected chi connectivity index (χ4v) is 1.47. The molecule has 0 saturated carbocycles. The Balaban J connectivity index is 2.75. The van der Waals surface area contributed by atoms with Crippen LogP contribution in [0.4, 0.5) is 0 Å². The van der Waals surface area contributed by atoms with Crippen LogP contribution in [0.3, 0.4) is 0 Å². The summed E-state index contributed by atoms with van der Waals surface area (Å²) in [6, 6.07) is 1.67. The van der Waals surface area contributed by atoms with Gasteiger partial charge in [0, 0.05) is 23.2 Å². The van der Waals surface area contributed by atoms with Crippen LogP contribution in [-0.2, 0) is 0 Å². The topological polar surface area (TPSA) is 69.1 Å². The van der Waals surface area contributed by atoms with Gasteiger partial charge < -0.3 is 15.0 Å². The van der Waals surface area contributed by atoms with E-state index in [-0.39, 0.29) is 0 Å². The van der Waals surface area contributed by atoms with Gasteiger partial charge in [0.15, 0.2) is 5.15 Å². The van der Waals surface area contributed by atoms with E-state index < -0.39 is 7.12 Å². The Morgan fingerprint density at radius 1 is 1.46 bits per heavy atom. The number of H-pyrrole nitrogens is 1. The van der Waals surface area contributed by atoms with E-state index in [1.807, 2.05) is 0 Å². The largest absolute Gasteiger partial charge is 0.490 e. The SMILES string of the molecule is OB(O)c1c[nH]c2c(Cl)nccc12. The van der Waals surface area contributed by atoms with Crippen molar-refractivity contribution in [1.82, 2.24) is 9.97 Å². The maximum absolute atomic E-state index is 8.97. The Kier molecular flexibility index (Phi) is 1.99. The third kappa shape index (κ3) is 1.31. The van der Waals surface area contributed by atoms with Gasteiger partial charge in [0.25, 0.3) is 0 Å². The lowest BCUT2D eigenvalue weighted by molar-refractivity contribution is 0.426. The summed E-state index contributed by atoms with van der Waals surface area (Å²) >= 11 is 5.77. The maximum Gasteiger partial charge on any atom is 0.490 e. The quantitative estimate of drug-likeness (QED) is 0.440. The first kappa shape index (κ1) is 8.56. The molecule has 0 radical (unpaired) electrons. The summed E-state index contributed by atoms with van der Waals surface area (Å²) in [6.07, 6.45) is 3.02. The van der Waals surface area contributed by atoms with Crippen LogP contribution in [0.25, 0.3) is 10.9 Å². The zero-order valence-electron chi connectivity index (χ0n) is 6.53. The van der Waals surface area contributed by atoms with Crippen LogP contribution in [0.2, 0.25) is 5.15 Å². The highest BCUT2D eigenvalue weighted by Crippen LogP contribution is 2.17. The van der Waals surface area contributed by atoms with Crippen LogP contribution >= 0.6 is 11.6 Å². The van der Waals surface area contributed by atoms with Crippen molar-refractivity contribution in [3.8, 4) is 0 Å². The van der Waals surface area contributed by atoms with E-state index in [1.54, 1.807) is 6.07 Å². The number of aromatic nitrogens is 2. The molecule has 6 heteroatoms. The fourth-order valence-electron chi connectivity index (χ4n) is 1.26. The molecule has 0 saturated heterocycles. The molecule has 2 aromatic heterocycles. The molecule has 0 aliphatic carbocycles. The summed E-state index contributed by atoms with van der Waals surface area (Å²) in [6.45, 7) is 0. The number of rotatable bonds is 1. The second-order valence-corrected chi connectivity index (χ2v) is 3.00. The van der Waals surface area contributed by atoms with Gasteiger partial charge in [-0.1, -0.05) is 11.6 Å². The van der Waals surface area contributed by atoms with E-state index in [2.05, 4.69) is 9.97 Å². The third-order valence-corrected chi connectivity index (χ3v) is 2.15. The fraction of sp³-hybridized carbons (Fsp3) is 0. The summed E-state index contributed by atoms with van der Waals surface area (Å²) in [5.41, 5.74) is 1.02. The molecule has 0 atom stereocenters. The molecular weight excluding hydrogens is 190 g/mol. The Labute approximate surface area is 79.3 Å². The molecule has 4 nitrogen and oxygen atoms in total. The van der Waals surface area contributed by atoms with Crippen LogP contribution in [-0.4, -0.2) is 27.1 Å². The van der Waals surface area contributed by atoms with Crippen LogP contribution < -0.4 is 5.46 Å². The highest BCUT2D eigenvalue weighted by atomic mass is 35.5. The van der Waals surface area contributed by atoms with Crippen LogP contribution in [0.1, 0.15) is 0 Å². The number of halogens is 1. The molecule has 3 N–H and O–H groups in total. The molecule has 2 heterocycles. The standard InChI is InChI=1S/C7H6BClN2O2/c9-7-6-4(1-2-10-7)5(3-11-6)8(12)13/h1-3,11-13H. The zero-order chi connectivity index (χ0) is 9.42. The average Bonchev–Trinajstić information content (AvgIpc) is 2.48. The number of nitrogens with zero attached hydrogens (tertiary/aromatic N) is 1. The molecule has 13 heavy (non-hydrogen) atoms. The maximum atomic E-state index is 8.97. The molecule has 66 valence electrons. The lowest BCUT2D eigenvalue weighted by Crippen LogP contribution is -2.28. The van der Waals surface area contributed by atoms with E-state index in [4.69, 9.17) is 21.6 Å². The molecule has 2 rings (SSSR count). The van der Waals surface area contributed by atoms with Gasteiger partial charge in [0.2, 0.25) is 0 Å².